The molecule has 0 fully saturated rings. The van der Waals surface area contributed by atoms with Crippen molar-refractivity contribution in [3.8, 4) is 17.0 Å². The van der Waals surface area contributed by atoms with Crippen LogP contribution in [0.3, 0.4) is 0 Å². The zero-order chi connectivity index (χ0) is 13.7. The van der Waals surface area contributed by atoms with Crippen LogP contribution < -0.4 is 4.74 Å². The van der Waals surface area contributed by atoms with Crippen molar-refractivity contribution in [2.24, 2.45) is 0 Å². The molecule has 0 saturated carbocycles. The lowest BCUT2D eigenvalue weighted by molar-refractivity contribution is 0.254. The van der Waals surface area contributed by atoms with Gasteiger partial charge in [0.2, 0.25) is 5.88 Å². The molecule has 0 amide bonds. The van der Waals surface area contributed by atoms with Crippen molar-refractivity contribution >= 4 is 11.6 Å². The number of nitrogens with zero attached hydrogens (tertiary/aromatic N) is 2. The van der Waals surface area contributed by atoms with Gasteiger partial charge in [0.25, 0.3) is 0 Å². The Labute approximate surface area is 118 Å². The van der Waals surface area contributed by atoms with Crippen LogP contribution >= 0.6 is 11.6 Å². The summed E-state index contributed by atoms with van der Waals surface area (Å²) in [6.07, 6.45) is 1.78. The zero-order valence-electron chi connectivity index (χ0n) is 11.1. The lowest BCUT2D eigenvalue weighted by atomic mass is 10.1. The quantitative estimate of drug-likeness (QED) is 0.837. The first-order valence-corrected chi connectivity index (χ1v) is 6.53. The maximum Gasteiger partial charge on any atom is 0.213 e. The van der Waals surface area contributed by atoms with Crippen LogP contribution in [0.1, 0.15) is 0 Å². The molecule has 2 aromatic rings. The summed E-state index contributed by atoms with van der Waals surface area (Å²) in [6.45, 7) is 1.50. The van der Waals surface area contributed by atoms with Gasteiger partial charge in [0.15, 0.2) is 0 Å². The highest BCUT2D eigenvalue weighted by Crippen LogP contribution is 2.27. The first-order chi connectivity index (χ1) is 9.16. The minimum absolute atomic E-state index is 0.630. The van der Waals surface area contributed by atoms with Crippen molar-refractivity contribution in [3.63, 3.8) is 0 Å². The van der Waals surface area contributed by atoms with E-state index in [0.29, 0.717) is 12.5 Å². The second-order valence-electron chi connectivity index (χ2n) is 4.52. The number of aromatic nitrogens is 1. The summed E-state index contributed by atoms with van der Waals surface area (Å²) in [5.74, 6) is 0.637. The molecule has 1 aromatic heterocycles. The number of pyridine rings is 1. The van der Waals surface area contributed by atoms with Gasteiger partial charge in [-0.3, -0.25) is 0 Å². The number of rotatable bonds is 5. The molecule has 1 aromatic carbocycles. The van der Waals surface area contributed by atoms with Crippen LogP contribution in [0, 0.1) is 0 Å². The van der Waals surface area contributed by atoms with Crippen molar-refractivity contribution in [3.05, 3.63) is 47.6 Å². The maximum absolute atomic E-state index is 6.15. The molecular formula is C15H17ClN2O. The molecule has 1 heterocycles. The van der Waals surface area contributed by atoms with Gasteiger partial charge in [0.1, 0.15) is 6.61 Å². The van der Waals surface area contributed by atoms with Crippen LogP contribution in [0.2, 0.25) is 5.02 Å². The second-order valence-corrected chi connectivity index (χ2v) is 4.92. The molecule has 0 aliphatic carbocycles. The third kappa shape index (κ3) is 3.94. The van der Waals surface area contributed by atoms with E-state index in [9.17, 15) is 0 Å². The highest BCUT2D eigenvalue weighted by atomic mass is 35.5. The van der Waals surface area contributed by atoms with E-state index in [1.807, 2.05) is 50.5 Å². The topological polar surface area (TPSA) is 25.4 Å². The lowest BCUT2D eigenvalue weighted by Gasteiger charge is -2.10. The Morgan fingerprint density at radius 1 is 1.16 bits per heavy atom. The van der Waals surface area contributed by atoms with Gasteiger partial charge in [-0.15, -0.1) is 0 Å². The van der Waals surface area contributed by atoms with E-state index in [-0.39, 0.29) is 0 Å². The summed E-state index contributed by atoms with van der Waals surface area (Å²) < 4.78 is 5.55. The number of ether oxygens (including phenoxy) is 1. The van der Waals surface area contributed by atoms with E-state index in [2.05, 4.69) is 9.88 Å². The molecule has 0 unspecified atom stereocenters. The summed E-state index contributed by atoms with van der Waals surface area (Å²) in [5, 5.41) is 0.727. The summed E-state index contributed by atoms with van der Waals surface area (Å²) in [4.78, 5) is 6.36. The molecule has 0 aliphatic heterocycles. The summed E-state index contributed by atoms with van der Waals surface area (Å²) >= 11 is 6.15. The van der Waals surface area contributed by atoms with Crippen LogP contribution in [-0.4, -0.2) is 37.1 Å². The fourth-order valence-corrected chi connectivity index (χ4v) is 1.90. The Kier molecular flexibility index (Phi) is 4.77. The van der Waals surface area contributed by atoms with Crippen LogP contribution in [0.25, 0.3) is 11.1 Å². The number of hydrogen-bond donors (Lipinski definition) is 0. The highest BCUT2D eigenvalue weighted by Gasteiger charge is 2.03. The molecule has 0 bridgehead atoms. The Morgan fingerprint density at radius 2 is 1.95 bits per heavy atom. The van der Waals surface area contributed by atoms with Crippen molar-refractivity contribution < 1.29 is 4.74 Å². The van der Waals surface area contributed by atoms with Crippen LogP contribution in [0.15, 0.2) is 42.6 Å². The smallest absolute Gasteiger partial charge is 0.213 e. The van der Waals surface area contributed by atoms with Crippen LogP contribution in [0.5, 0.6) is 5.88 Å². The van der Waals surface area contributed by atoms with Gasteiger partial charge >= 0.3 is 0 Å². The lowest BCUT2D eigenvalue weighted by Crippen LogP contribution is -2.19. The standard InChI is InChI=1S/C15H17ClN2O/c1-18(2)9-10-19-15-8-7-12(11-17-15)13-5-3-4-6-14(13)16/h3-8,11H,9-10H2,1-2H3. The maximum atomic E-state index is 6.15. The number of halogens is 1. The first-order valence-electron chi connectivity index (χ1n) is 6.15. The van der Waals surface area contributed by atoms with E-state index in [0.717, 1.165) is 22.7 Å². The van der Waals surface area contributed by atoms with E-state index in [4.69, 9.17) is 16.3 Å². The predicted molar refractivity (Wildman–Crippen MR) is 78.7 cm³/mol. The average molecular weight is 277 g/mol. The molecule has 4 heteroatoms. The summed E-state index contributed by atoms with van der Waals surface area (Å²) in [7, 11) is 4.02. The molecule has 0 N–H and O–H groups in total. The average Bonchev–Trinajstić information content (AvgIpc) is 2.40. The molecule has 0 atom stereocenters. The molecule has 2 rings (SSSR count). The molecule has 0 spiro atoms. The number of likely N-dealkylation sites (N-methyl/N-ethyl adjacent to an activating group) is 1. The van der Waals surface area contributed by atoms with Gasteiger partial charge < -0.3 is 9.64 Å². The van der Waals surface area contributed by atoms with Crippen molar-refractivity contribution in [1.29, 1.82) is 0 Å². The van der Waals surface area contributed by atoms with Gasteiger partial charge in [-0.2, -0.15) is 0 Å². The van der Waals surface area contributed by atoms with Crippen LogP contribution in [-0.2, 0) is 0 Å². The summed E-state index contributed by atoms with van der Waals surface area (Å²) in [5.41, 5.74) is 1.97. The van der Waals surface area contributed by atoms with Gasteiger partial charge in [0.05, 0.1) is 0 Å². The van der Waals surface area contributed by atoms with Gasteiger partial charge in [-0.1, -0.05) is 29.8 Å². The molecule has 100 valence electrons. The third-order valence-electron chi connectivity index (χ3n) is 2.71. The largest absolute Gasteiger partial charge is 0.476 e. The number of benzene rings is 1. The minimum atomic E-state index is 0.630. The molecule has 0 radical (unpaired) electrons. The highest BCUT2D eigenvalue weighted by molar-refractivity contribution is 6.33. The fraction of sp³-hybridized carbons (Fsp3) is 0.267. The normalized spacial score (nSPS) is 10.7. The van der Waals surface area contributed by atoms with E-state index >= 15 is 0 Å². The Bertz CT molecular complexity index is 526. The SMILES string of the molecule is CN(C)CCOc1ccc(-c2ccccc2Cl)cn1. The Morgan fingerprint density at radius 3 is 2.58 bits per heavy atom. The predicted octanol–water partition coefficient (Wildman–Crippen LogP) is 3.34. The minimum Gasteiger partial charge on any atom is -0.476 e. The van der Waals surface area contributed by atoms with Gasteiger partial charge in [-0.25, -0.2) is 4.98 Å². The monoisotopic (exact) mass is 276 g/mol. The van der Waals surface area contributed by atoms with Crippen LogP contribution in [0.4, 0.5) is 0 Å². The second kappa shape index (κ2) is 6.55. The molecule has 0 aliphatic rings. The third-order valence-corrected chi connectivity index (χ3v) is 3.04. The van der Waals surface area contributed by atoms with Crippen molar-refractivity contribution in [2.45, 2.75) is 0 Å². The van der Waals surface area contributed by atoms with E-state index in [1.165, 1.54) is 0 Å². The van der Waals surface area contributed by atoms with Gasteiger partial charge in [-0.05, 0) is 26.2 Å². The van der Waals surface area contributed by atoms with Gasteiger partial charge in [0, 0.05) is 35.0 Å². The molecule has 19 heavy (non-hydrogen) atoms. The van der Waals surface area contributed by atoms with Crippen molar-refractivity contribution in [2.75, 3.05) is 27.2 Å². The first kappa shape index (κ1) is 13.8. The van der Waals surface area contributed by atoms with Crippen molar-refractivity contribution in [1.82, 2.24) is 9.88 Å². The Hall–Kier alpha value is -1.58. The zero-order valence-corrected chi connectivity index (χ0v) is 11.9. The van der Waals surface area contributed by atoms with E-state index in [1.54, 1.807) is 6.20 Å². The van der Waals surface area contributed by atoms with E-state index < -0.39 is 0 Å². The number of hydrogen-bond acceptors (Lipinski definition) is 3. The Balaban J connectivity index is 2.04. The fourth-order valence-electron chi connectivity index (χ4n) is 1.65. The molecule has 0 saturated heterocycles. The molecule has 3 nitrogen and oxygen atoms in total. The summed E-state index contributed by atoms with van der Waals surface area (Å²) in [6, 6.07) is 11.6. The molecular weight excluding hydrogens is 260 g/mol.